The Hall–Kier alpha value is -2.07. The van der Waals surface area contributed by atoms with Gasteiger partial charge in [-0.2, -0.15) is 0 Å². The lowest BCUT2D eigenvalue weighted by Crippen LogP contribution is -2.39. The molecule has 0 radical (unpaired) electrons. The predicted molar refractivity (Wildman–Crippen MR) is 141 cm³/mol. The maximum atomic E-state index is 12.2. The Morgan fingerprint density at radius 1 is 1.09 bits per heavy atom. The van der Waals surface area contributed by atoms with E-state index in [0.29, 0.717) is 12.3 Å². The fourth-order valence-electron chi connectivity index (χ4n) is 3.73. The third-order valence-electron chi connectivity index (χ3n) is 5.34. The van der Waals surface area contributed by atoms with E-state index in [1.165, 1.54) is 45.0 Å². The number of guanidine groups is 1. The summed E-state index contributed by atoms with van der Waals surface area (Å²) in [6.45, 7) is 7.94. The molecule has 1 saturated heterocycles. The number of anilines is 1. The van der Waals surface area contributed by atoms with Crippen LogP contribution in [0.2, 0.25) is 0 Å². The molecule has 1 fully saturated rings. The van der Waals surface area contributed by atoms with Crippen molar-refractivity contribution in [2.45, 2.75) is 45.6 Å². The molecule has 32 heavy (non-hydrogen) atoms. The standard InChI is InChI=1S/C24H35N5O2.HI/c1-2-25-24(26-13-9-16-29-14-5-3-4-6-15-29)27-19-20-10-7-11-21(18-20)28-23(30)22-12-8-17-31-22;/h7-8,10-12,17-18H,2-6,9,13-16,19H2,1H3,(H,28,30)(H2,25,26,27);1H. The molecule has 0 saturated carbocycles. The molecule has 7 nitrogen and oxygen atoms in total. The smallest absolute Gasteiger partial charge is 0.291 e. The molecule has 1 amide bonds. The highest BCUT2D eigenvalue weighted by atomic mass is 127. The lowest BCUT2D eigenvalue weighted by molar-refractivity contribution is 0.0996. The monoisotopic (exact) mass is 553 g/mol. The minimum atomic E-state index is -0.259. The summed E-state index contributed by atoms with van der Waals surface area (Å²) in [5.41, 5.74) is 1.75. The molecule has 1 aliphatic rings. The number of carbonyl (C=O) groups excluding carboxylic acids is 1. The summed E-state index contributed by atoms with van der Waals surface area (Å²) in [4.78, 5) is 19.4. The lowest BCUT2D eigenvalue weighted by atomic mass is 10.2. The van der Waals surface area contributed by atoms with Crippen molar-refractivity contribution in [2.75, 3.05) is 38.0 Å². The molecule has 8 heteroatoms. The maximum absolute atomic E-state index is 12.2. The van der Waals surface area contributed by atoms with Crippen LogP contribution in [0.1, 0.15) is 55.1 Å². The second-order valence-electron chi connectivity index (χ2n) is 7.86. The zero-order valence-electron chi connectivity index (χ0n) is 18.9. The zero-order valence-corrected chi connectivity index (χ0v) is 21.3. The van der Waals surface area contributed by atoms with Gasteiger partial charge in [-0.3, -0.25) is 4.79 Å². The molecule has 176 valence electrons. The molecular formula is C24H36IN5O2. The van der Waals surface area contributed by atoms with Crippen molar-refractivity contribution in [3.63, 3.8) is 0 Å². The van der Waals surface area contributed by atoms with Gasteiger partial charge in [0.05, 0.1) is 12.8 Å². The Morgan fingerprint density at radius 3 is 2.62 bits per heavy atom. The minimum absolute atomic E-state index is 0. The number of hydrogen-bond donors (Lipinski definition) is 3. The molecule has 2 aromatic rings. The highest BCUT2D eigenvalue weighted by molar-refractivity contribution is 14.0. The Balaban J connectivity index is 0.00000363. The van der Waals surface area contributed by atoms with Gasteiger partial charge in [0, 0.05) is 18.8 Å². The number of halogens is 1. The van der Waals surface area contributed by atoms with Crippen LogP contribution in [0.5, 0.6) is 0 Å². The first kappa shape index (κ1) is 26.2. The van der Waals surface area contributed by atoms with E-state index in [1.54, 1.807) is 12.1 Å². The van der Waals surface area contributed by atoms with Crippen LogP contribution < -0.4 is 16.0 Å². The van der Waals surface area contributed by atoms with Gasteiger partial charge in [-0.1, -0.05) is 25.0 Å². The Kier molecular flexibility index (Phi) is 12.2. The first-order chi connectivity index (χ1) is 15.2. The van der Waals surface area contributed by atoms with Crippen LogP contribution in [-0.2, 0) is 6.54 Å². The Morgan fingerprint density at radius 2 is 1.91 bits per heavy atom. The molecule has 0 aliphatic carbocycles. The van der Waals surface area contributed by atoms with E-state index in [0.717, 1.165) is 43.3 Å². The van der Waals surface area contributed by atoms with Gasteiger partial charge in [-0.15, -0.1) is 24.0 Å². The summed E-state index contributed by atoms with van der Waals surface area (Å²) in [7, 11) is 0. The number of benzene rings is 1. The molecular weight excluding hydrogens is 517 g/mol. The molecule has 1 aromatic carbocycles. The van der Waals surface area contributed by atoms with Gasteiger partial charge in [-0.05, 0) is 75.6 Å². The van der Waals surface area contributed by atoms with E-state index < -0.39 is 0 Å². The van der Waals surface area contributed by atoms with E-state index in [2.05, 4.69) is 27.8 Å². The molecule has 0 spiro atoms. The Labute approximate surface area is 208 Å². The van der Waals surface area contributed by atoms with Gasteiger partial charge >= 0.3 is 0 Å². The molecule has 0 atom stereocenters. The molecule has 0 bridgehead atoms. The van der Waals surface area contributed by atoms with Gasteiger partial charge in [0.15, 0.2) is 11.7 Å². The number of nitrogens with one attached hydrogen (secondary N) is 3. The number of aliphatic imine (C=N–C) groups is 1. The van der Waals surface area contributed by atoms with Crippen molar-refractivity contribution in [1.29, 1.82) is 0 Å². The fraction of sp³-hybridized carbons (Fsp3) is 0.500. The van der Waals surface area contributed by atoms with Crippen LogP contribution in [0.25, 0.3) is 0 Å². The molecule has 3 rings (SSSR count). The van der Waals surface area contributed by atoms with E-state index >= 15 is 0 Å². The normalized spacial score (nSPS) is 14.8. The number of amides is 1. The summed E-state index contributed by atoms with van der Waals surface area (Å²) in [6, 6.07) is 11.1. The van der Waals surface area contributed by atoms with Crippen molar-refractivity contribution in [3.05, 3.63) is 54.0 Å². The van der Waals surface area contributed by atoms with E-state index in [4.69, 9.17) is 9.41 Å². The van der Waals surface area contributed by atoms with Crippen molar-refractivity contribution in [1.82, 2.24) is 15.5 Å². The van der Waals surface area contributed by atoms with Crippen molar-refractivity contribution < 1.29 is 9.21 Å². The second kappa shape index (κ2) is 14.9. The molecule has 0 unspecified atom stereocenters. The molecule has 1 aromatic heterocycles. The highest BCUT2D eigenvalue weighted by Gasteiger charge is 2.09. The zero-order chi connectivity index (χ0) is 21.7. The molecule has 3 N–H and O–H groups in total. The average molecular weight is 553 g/mol. The summed E-state index contributed by atoms with van der Waals surface area (Å²) in [5, 5.41) is 9.61. The van der Waals surface area contributed by atoms with Gasteiger partial charge < -0.3 is 25.3 Å². The second-order valence-corrected chi connectivity index (χ2v) is 7.86. The van der Waals surface area contributed by atoms with Gasteiger partial charge in [0.2, 0.25) is 0 Å². The van der Waals surface area contributed by atoms with E-state index in [9.17, 15) is 4.79 Å². The topological polar surface area (TPSA) is 81.9 Å². The summed E-state index contributed by atoms with van der Waals surface area (Å²) in [5.74, 6) is 0.857. The summed E-state index contributed by atoms with van der Waals surface area (Å²) in [6.07, 6.45) is 8.01. The van der Waals surface area contributed by atoms with Gasteiger partial charge in [-0.25, -0.2) is 4.99 Å². The molecule has 1 aliphatic heterocycles. The van der Waals surface area contributed by atoms with Crippen LogP contribution in [0, 0.1) is 0 Å². The van der Waals surface area contributed by atoms with Crippen LogP contribution in [0.15, 0.2) is 52.1 Å². The van der Waals surface area contributed by atoms with Crippen LogP contribution >= 0.6 is 24.0 Å². The molecule has 2 heterocycles. The van der Waals surface area contributed by atoms with Gasteiger partial charge in [0.1, 0.15) is 0 Å². The maximum Gasteiger partial charge on any atom is 0.291 e. The highest BCUT2D eigenvalue weighted by Crippen LogP contribution is 2.13. The summed E-state index contributed by atoms with van der Waals surface area (Å²) >= 11 is 0. The van der Waals surface area contributed by atoms with Crippen LogP contribution in [0.3, 0.4) is 0 Å². The van der Waals surface area contributed by atoms with Crippen molar-refractivity contribution in [3.8, 4) is 0 Å². The average Bonchev–Trinajstić information content (AvgIpc) is 3.20. The fourth-order valence-corrected chi connectivity index (χ4v) is 3.73. The first-order valence-corrected chi connectivity index (χ1v) is 11.4. The van der Waals surface area contributed by atoms with Crippen LogP contribution in [0.4, 0.5) is 5.69 Å². The predicted octanol–water partition coefficient (Wildman–Crippen LogP) is 4.47. The lowest BCUT2D eigenvalue weighted by Gasteiger charge is -2.20. The Bertz CT molecular complexity index is 818. The summed E-state index contributed by atoms with van der Waals surface area (Å²) < 4.78 is 5.14. The first-order valence-electron chi connectivity index (χ1n) is 11.4. The van der Waals surface area contributed by atoms with E-state index in [1.807, 2.05) is 24.3 Å². The van der Waals surface area contributed by atoms with Crippen molar-refractivity contribution in [2.24, 2.45) is 4.99 Å². The number of furan rings is 1. The van der Waals surface area contributed by atoms with Crippen LogP contribution in [-0.4, -0.2) is 49.5 Å². The van der Waals surface area contributed by atoms with Crippen molar-refractivity contribution >= 4 is 41.5 Å². The third-order valence-corrected chi connectivity index (χ3v) is 5.34. The van der Waals surface area contributed by atoms with Gasteiger partial charge in [0.25, 0.3) is 5.91 Å². The minimum Gasteiger partial charge on any atom is -0.459 e. The number of rotatable bonds is 9. The largest absolute Gasteiger partial charge is 0.459 e. The number of carbonyl (C=O) groups is 1. The SMILES string of the molecule is CCNC(=NCc1cccc(NC(=O)c2ccco2)c1)NCCCN1CCCCCC1.I. The number of hydrogen-bond acceptors (Lipinski definition) is 4. The van der Waals surface area contributed by atoms with E-state index in [-0.39, 0.29) is 29.9 Å². The number of nitrogens with zero attached hydrogens (tertiary/aromatic N) is 2. The third kappa shape index (κ3) is 9.20. The number of likely N-dealkylation sites (tertiary alicyclic amines) is 1. The quantitative estimate of drug-likeness (QED) is 0.185.